The molecule has 0 aromatic carbocycles. The lowest BCUT2D eigenvalue weighted by atomic mass is 10.1. The van der Waals surface area contributed by atoms with Crippen molar-refractivity contribution in [3.05, 3.63) is 0 Å². The van der Waals surface area contributed by atoms with E-state index in [2.05, 4.69) is 0 Å². The zero-order valence-corrected chi connectivity index (χ0v) is 8.36. The molecular formula is C10H18O3. The summed E-state index contributed by atoms with van der Waals surface area (Å²) >= 11 is 0. The fraction of sp³-hybridized carbons (Fsp3) is 0.900. The van der Waals surface area contributed by atoms with Gasteiger partial charge in [0.1, 0.15) is 6.29 Å². The van der Waals surface area contributed by atoms with Gasteiger partial charge in [-0.05, 0) is 26.2 Å². The van der Waals surface area contributed by atoms with E-state index in [-0.39, 0.29) is 18.3 Å². The Bertz CT molecular complexity index is 152. The highest BCUT2D eigenvalue weighted by Gasteiger charge is 2.20. The van der Waals surface area contributed by atoms with E-state index in [9.17, 15) is 4.79 Å². The fourth-order valence-corrected chi connectivity index (χ4v) is 1.29. The first kappa shape index (κ1) is 10.7. The molecule has 1 aliphatic rings. The molecule has 0 N–H and O–H groups in total. The molecule has 0 bridgehead atoms. The Balaban J connectivity index is 2.25. The predicted octanol–water partition coefficient (Wildman–Crippen LogP) is 1.75. The van der Waals surface area contributed by atoms with E-state index in [0.29, 0.717) is 0 Å². The highest BCUT2D eigenvalue weighted by Crippen LogP contribution is 2.17. The van der Waals surface area contributed by atoms with Crippen LogP contribution >= 0.6 is 0 Å². The first-order valence-corrected chi connectivity index (χ1v) is 4.96. The number of rotatable bonds is 4. The van der Waals surface area contributed by atoms with Gasteiger partial charge in [0.05, 0.1) is 6.10 Å². The van der Waals surface area contributed by atoms with Crippen LogP contribution < -0.4 is 0 Å². The minimum atomic E-state index is -0.0915. The number of hydrogen-bond donors (Lipinski definition) is 0. The third-order valence-corrected chi connectivity index (χ3v) is 2.46. The average Bonchev–Trinajstić information content (AvgIpc) is 2.18. The molecule has 3 nitrogen and oxygen atoms in total. The van der Waals surface area contributed by atoms with Gasteiger partial charge in [0.2, 0.25) is 0 Å². The van der Waals surface area contributed by atoms with Crippen LogP contribution in [-0.2, 0) is 14.3 Å². The summed E-state index contributed by atoms with van der Waals surface area (Å²) in [6.45, 7) is 4.56. The summed E-state index contributed by atoms with van der Waals surface area (Å²) in [6.07, 6.45) is 4.03. The highest BCUT2D eigenvalue weighted by atomic mass is 16.7. The third-order valence-electron chi connectivity index (χ3n) is 2.46. The Morgan fingerprint density at radius 1 is 1.46 bits per heavy atom. The summed E-state index contributed by atoms with van der Waals surface area (Å²) in [4.78, 5) is 10.5. The summed E-state index contributed by atoms with van der Waals surface area (Å²) in [5, 5.41) is 0. The first-order chi connectivity index (χ1) is 6.24. The quantitative estimate of drug-likeness (QED) is 0.627. The molecule has 3 unspecified atom stereocenters. The Morgan fingerprint density at radius 2 is 2.23 bits per heavy atom. The van der Waals surface area contributed by atoms with E-state index in [1.165, 1.54) is 0 Å². The molecule has 0 amide bonds. The predicted molar refractivity (Wildman–Crippen MR) is 49.4 cm³/mol. The van der Waals surface area contributed by atoms with Gasteiger partial charge in [0, 0.05) is 12.5 Å². The third kappa shape index (κ3) is 3.44. The summed E-state index contributed by atoms with van der Waals surface area (Å²) < 4.78 is 11.0. The molecule has 0 aliphatic carbocycles. The second kappa shape index (κ2) is 5.35. The lowest BCUT2D eigenvalue weighted by Crippen LogP contribution is -2.30. The van der Waals surface area contributed by atoms with Gasteiger partial charge >= 0.3 is 0 Å². The van der Waals surface area contributed by atoms with Crippen molar-refractivity contribution in [2.75, 3.05) is 6.61 Å². The van der Waals surface area contributed by atoms with Crippen LogP contribution in [0.5, 0.6) is 0 Å². The fourth-order valence-electron chi connectivity index (χ4n) is 1.29. The van der Waals surface area contributed by atoms with Gasteiger partial charge in [-0.2, -0.15) is 0 Å². The van der Waals surface area contributed by atoms with Crippen LogP contribution in [-0.4, -0.2) is 25.3 Å². The van der Waals surface area contributed by atoms with Crippen LogP contribution in [0.4, 0.5) is 0 Å². The average molecular weight is 186 g/mol. The molecule has 3 atom stereocenters. The number of aldehydes is 1. The molecule has 0 spiro atoms. The van der Waals surface area contributed by atoms with Gasteiger partial charge in [0.15, 0.2) is 6.29 Å². The standard InChI is InChI=1S/C10H18O3/c1-8(7-11)9(2)13-10-5-3-4-6-12-10/h7-10H,3-6H2,1-2H3. The number of ether oxygens (including phenoxy) is 2. The van der Waals surface area contributed by atoms with Crippen molar-refractivity contribution in [3.63, 3.8) is 0 Å². The van der Waals surface area contributed by atoms with Crippen molar-refractivity contribution in [2.24, 2.45) is 5.92 Å². The monoisotopic (exact) mass is 186 g/mol. The molecule has 13 heavy (non-hydrogen) atoms. The lowest BCUT2D eigenvalue weighted by molar-refractivity contribution is -0.192. The number of hydrogen-bond acceptors (Lipinski definition) is 3. The molecule has 3 heteroatoms. The maximum Gasteiger partial charge on any atom is 0.157 e. The van der Waals surface area contributed by atoms with Crippen LogP contribution in [0.1, 0.15) is 33.1 Å². The van der Waals surface area contributed by atoms with Crippen molar-refractivity contribution >= 4 is 6.29 Å². The molecule has 0 aromatic rings. The van der Waals surface area contributed by atoms with E-state index < -0.39 is 0 Å². The zero-order chi connectivity index (χ0) is 9.68. The van der Waals surface area contributed by atoms with Crippen LogP contribution in [0.25, 0.3) is 0 Å². The Morgan fingerprint density at radius 3 is 2.77 bits per heavy atom. The van der Waals surface area contributed by atoms with Gasteiger partial charge < -0.3 is 14.3 Å². The van der Waals surface area contributed by atoms with Crippen molar-refractivity contribution in [1.29, 1.82) is 0 Å². The number of carbonyl (C=O) groups is 1. The van der Waals surface area contributed by atoms with Gasteiger partial charge in [-0.3, -0.25) is 0 Å². The van der Waals surface area contributed by atoms with Gasteiger partial charge in [-0.15, -0.1) is 0 Å². The summed E-state index contributed by atoms with van der Waals surface area (Å²) in [7, 11) is 0. The van der Waals surface area contributed by atoms with Crippen LogP contribution in [0, 0.1) is 5.92 Å². The van der Waals surface area contributed by atoms with E-state index in [1.807, 2.05) is 13.8 Å². The minimum absolute atomic E-state index is 0.0411. The molecule has 76 valence electrons. The lowest BCUT2D eigenvalue weighted by Gasteiger charge is -2.27. The Kier molecular flexibility index (Phi) is 4.39. The molecule has 1 fully saturated rings. The topological polar surface area (TPSA) is 35.5 Å². The van der Waals surface area contributed by atoms with E-state index in [1.54, 1.807) is 0 Å². The maximum absolute atomic E-state index is 10.5. The van der Waals surface area contributed by atoms with Gasteiger partial charge in [0.25, 0.3) is 0 Å². The van der Waals surface area contributed by atoms with E-state index >= 15 is 0 Å². The molecule has 1 saturated heterocycles. The summed E-state index contributed by atoms with van der Waals surface area (Å²) in [5.74, 6) is -0.0504. The molecule has 0 aromatic heterocycles. The first-order valence-electron chi connectivity index (χ1n) is 4.96. The van der Waals surface area contributed by atoms with Gasteiger partial charge in [-0.1, -0.05) is 6.92 Å². The minimum Gasteiger partial charge on any atom is -0.353 e. The maximum atomic E-state index is 10.5. The normalized spacial score (nSPS) is 28.0. The van der Waals surface area contributed by atoms with E-state index in [4.69, 9.17) is 9.47 Å². The van der Waals surface area contributed by atoms with Gasteiger partial charge in [-0.25, -0.2) is 0 Å². The molecule has 1 rings (SSSR count). The van der Waals surface area contributed by atoms with Crippen molar-refractivity contribution in [1.82, 2.24) is 0 Å². The molecule has 1 aliphatic heterocycles. The Hall–Kier alpha value is -0.410. The highest BCUT2D eigenvalue weighted by molar-refractivity contribution is 5.53. The largest absolute Gasteiger partial charge is 0.353 e. The number of carbonyl (C=O) groups excluding carboxylic acids is 1. The molecule has 0 radical (unpaired) electrons. The molecule has 0 saturated carbocycles. The SMILES string of the molecule is CC(C=O)C(C)OC1CCCCO1. The second-order valence-electron chi connectivity index (χ2n) is 3.63. The van der Waals surface area contributed by atoms with Crippen LogP contribution in [0.2, 0.25) is 0 Å². The second-order valence-corrected chi connectivity index (χ2v) is 3.63. The molecular weight excluding hydrogens is 168 g/mol. The zero-order valence-electron chi connectivity index (χ0n) is 8.36. The summed E-state index contributed by atoms with van der Waals surface area (Å²) in [5.41, 5.74) is 0. The van der Waals surface area contributed by atoms with Crippen molar-refractivity contribution in [2.45, 2.75) is 45.5 Å². The Labute approximate surface area is 79.4 Å². The smallest absolute Gasteiger partial charge is 0.157 e. The molecule has 1 heterocycles. The van der Waals surface area contributed by atoms with Crippen LogP contribution in [0.3, 0.4) is 0 Å². The van der Waals surface area contributed by atoms with Crippen molar-refractivity contribution < 1.29 is 14.3 Å². The summed E-state index contributed by atoms with van der Waals surface area (Å²) in [6, 6.07) is 0. The van der Waals surface area contributed by atoms with Crippen molar-refractivity contribution in [3.8, 4) is 0 Å². The van der Waals surface area contributed by atoms with E-state index in [0.717, 1.165) is 32.2 Å². The van der Waals surface area contributed by atoms with Crippen LogP contribution in [0.15, 0.2) is 0 Å².